The summed E-state index contributed by atoms with van der Waals surface area (Å²) in [5, 5.41) is 0. The highest BCUT2D eigenvalue weighted by Crippen LogP contribution is 2.48. The molecule has 1 aromatic heterocycles. The van der Waals surface area contributed by atoms with Crippen molar-refractivity contribution in [1.82, 2.24) is 19.8 Å². The molecule has 2 aliphatic heterocycles. The zero-order valence-electron chi connectivity index (χ0n) is 18.3. The highest BCUT2D eigenvalue weighted by molar-refractivity contribution is 5.26. The van der Waals surface area contributed by atoms with Crippen molar-refractivity contribution in [2.75, 3.05) is 72.1 Å². The third-order valence-corrected chi connectivity index (χ3v) is 7.22. The van der Waals surface area contributed by atoms with Gasteiger partial charge in [-0.3, -0.25) is 9.80 Å². The van der Waals surface area contributed by atoms with Crippen molar-refractivity contribution < 1.29 is 9.47 Å². The molecule has 4 rings (SSSR count). The first-order chi connectivity index (χ1) is 14.1. The summed E-state index contributed by atoms with van der Waals surface area (Å²) >= 11 is 0. The minimum atomic E-state index is 0.292. The number of ether oxygens (including phenoxy) is 2. The number of hydrogen-bond donors (Lipinski definition) is 0. The first-order valence-electron chi connectivity index (χ1n) is 11.1. The van der Waals surface area contributed by atoms with Gasteiger partial charge in [0.1, 0.15) is 0 Å². The molecule has 29 heavy (non-hydrogen) atoms. The van der Waals surface area contributed by atoms with Crippen LogP contribution in [0.3, 0.4) is 0 Å². The van der Waals surface area contributed by atoms with Crippen LogP contribution < -0.4 is 4.90 Å². The summed E-state index contributed by atoms with van der Waals surface area (Å²) in [6, 6.07) is 0.729. The van der Waals surface area contributed by atoms with E-state index in [2.05, 4.69) is 19.8 Å². The van der Waals surface area contributed by atoms with E-state index < -0.39 is 0 Å². The lowest BCUT2D eigenvalue weighted by atomic mass is 9.62. The zero-order valence-corrected chi connectivity index (χ0v) is 18.3. The van der Waals surface area contributed by atoms with Crippen LogP contribution in [0.4, 0.5) is 5.95 Å². The molecule has 0 N–H and O–H groups in total. The van der Waals surface area contributed by atoms with Crippen molar-refractivity contribution >= 4 is 5.95 Å². The molecule has 0 amide bonds. The topological polar surface area (TPSA) is 54.0 Å². The Kier molecular flexibility index (Phi) is 6.69. The van der Waals surface area contributed by atoms with Gasteiger partial charge < -0.3 is 14.4 Å². The first kappa shape index (κ1) is 21.0. The van der Waals surface area contributed by atoms with Crippen molar-refractivity contribution in [2.24, 2.45) is 11.3 Å². The van der Waals surface area contributed by atoms with E-state index in [0.29, 0.717) is 5.41 Å². The molecule has 3 heterocycles. The third-order valence-electron chi connectivity index (χ3n) is 7.22. The van der Waals surface area contributed by atoms with Crippen LogP contribution in [0.5, 0.6) is 0 Å². The molecule has 3 aliphatic rings. The maximum Gasteiger partial charge on any atom is 0.224 e. The molecular weight excluding hydrogens is 366 g/mol. The highest BCUT2D eigenvalue weighted by Gasteiger charge is 2.47. The molecule has 0 spiro atoms. The third kappa shape index (κ3) is 4.74. The molecule has 162 valence electrons. The maximum absolute atomic E-state index is 5.77. The second kappa shape index (κ2) is 9.25. The maximum atomic E-state index is 5.77. The molecule has 0 aromatic carbocycles. The van der Waals surface area contributed by atoms with Gasteiger partial charge >= 0.3 is 0 Å². The number of fused-ring (bicyclic) bond motifs is 1. The van der Waals surface area contributed by atoms with Crippen molar-refractivity contribution in [3.63, 3.8) is 0 Å². The Hall–Kier alpha value is -1.28. The molecule has 7 heteroatoms. The SMILES string of the molecule is COC[C@]12CC[C@H](N3CCOCC3)C[C@@H]1CCN(Cc1cnc(N(C)C)nc1)C2. The molecule has 1 aliphatic carbocycles. The predicted molar refractivity (Wildman–Crippen MR) is 114 cm³/mol. The second-order valence-corrected chi connectivity index (χ2v) is 9.35. The minimum Gasteiger partial charge on any atom is -0.384 e. The van der Waals surface area contributed by atoms with Crippen molar-refractivity contribution in [3.05, 3.63) is 18.0 Å². The van der Waals surface area contributed by atoms with Crippen molar-refractivity contribution in [3.8, 4) is 0 Å². The van der Waals surface area contributed by atoms with E-state index >= 15 is 0 Å². The molecule has 0 bridgehead atoms. The molecule has 7 nitrogen and oxygen atoms in total. The van der Waals surface area contributed by atoms with E-state index in [1.54, 1.807) is 0 Å². The number of piperidine rings is 1. The van der Waals surface area contributed by atoms with Crippen LogP contribution in [0.1, 0.15) is 31.2 Å². The summed E-state index contributed by atoms with van der Waals surface area (Å²) in [7, 11) is 5.82. The molecule has 3 fully saturated rings. The molecule has 1 saturated carbocycles. The fourth-order valence-electron chi connectivity index (χ4n) is 5.70. The molecule has 1 aromatic rings. The monoisotopic (exact) mass is 403 g/mol. The van der Waals surface area contributed by atoms with Gasteiger partial charge in [0.15, 0.2) is 0 Å². The number of likely N-dealkylation sites (tertiary alicyclic amines) is 1. The lowest BCUT2D eigenvalue weighted by Crippen LogP contribution is -2.56. The number of nitrogens with zero attached hydrogens (tertiary/aromatic N) is 5. The summed E-state index contributed by atoms with van der Waals surface area (Å²) < 4.78 is 11.3. The van der Waals surface area contributed by atoms with Gasteiger partial charge in [-0.2, -0.15) is 0 Å². The Morgan fingerprint density at radius 2 is 1.93 bits per heavy atom. The van der Waals surface area contributed by atoms with E-state index in [-0.39, 0.29) is 0 Å². The average Bonchev–Trinajstić information content (AvgIpc) is 2.74. The van der Waals surface area contributed by atoms with Gasteiger partial charge in [0.2, 0.25) is 5.95 Å². The van der Waals surface area contributed by atoms with E-state index in [9.17, 15) is 0 Å². The number of morpholine rings is 1. The van der Waals surface area contributed by atoms with Gasteiger partial charge in [0.05, 0.1) is 19.8 Å². The highest BCUT2D eigenvalue weighted by atomic mass is 16.5. The summed E-state index contributed by atoms with van der Waals surface area (Å²) in [6.45, 7) is 8.07. The molecule has 0 unspecified atom stereocenters. The Morgan fingerprint density at radius 1 is 1.17 bits per heavy atom. The molecule has 3 atom stereocenters. The van der Waals surface area contributed by atoms with E-state index in [0.717, 1.165) is 70.5 Å². The van der Waals surface area contributed by atoms with Crippen LogP contribution in [0.15, 0.2) is 12.4 Å². The Balaban J connectivity index is 1.40. The lowest BCUT2D eigenvalue weighted by molar-refractivity contribution is -0.0871. The van der Waals surface area contributed by atoms with Crippen LogP contribution in [0.2, 0.25) is 0 Å². The van der Waals surface area contributed by atoms with Gasteiger partial charge in [-0.25, -0.2) is 9.97 Å². The minimum absolute atomic E-state index is 0.292. The Labute approximate surface area is 175 Å². The van der Waals surface area contributed by atoms with E-state index in [1.807, 2.05) is 38.5 Å². The number of anilines is 1. The number of aromatic nitrogens is 2. The fourth-order valence-corrected chi connectivity index (χ4v) is 5.70. The smallest absolute Gasteiger partial charge is 0.224 e. The Bertz CT molecular complexity index is 649. The predicted octanol–water partition coefficient (Wildman–Crippen LogP) is 1.88. The zero-order chi connectivity index (χ0) is 20.3. The molecule has 0 radical (unpaired) electrons. The van der Waals surface area contributed by atoms with E-state index in [4.69, 9.17) is 9.47 Å². The largest absolute Gasteiger partial charge is 0.384 e. The van der Waals surface area contributed by atoms with Crippen molar-refractivity contribution in [2.45, 2.75) is 38.3 Å². The van der Waals surface area contributed by atoms with Gasteiger partial charge in [0, 0.05) is 76.8 Å². The normalized spacial score (nSPS) is 31.4. The number of hydrogen-bond acceptors (Lipinski definition) is 7. The summed E-state index contributed by atoms with van der Waals surface area (Å²) in [5.74, 6) is 1.53. The number of methoxy groups -OCH3 is 1. The lowest BCUT2D eigenvalue weighted by Gasteiger charge is -2.54. The summed E-state index contributed by atoms with van der Waals surface area (Å²) in [6.07, 6.45) is 9.09. The first-order valence-corrected chi connectivity index (χ1v) is 11.1. The van der Waals surface area contributed by atoms with Gasteiger partial charge in [-0.1, -0.05) is 0 Å². The molecule has 2 saturated heterocycles. The van der Waals surface area contributed by atoms with Gasteiger partial charge in [-0.15, -0.1) is 0 Å². The second-order valence-electron chi connectivity index (χ2n) is 9.35. The quantitative estimate of drug-likeness (QED) is 0.719. The van der Waals surface area contributed by atoms with Crippen LogP contribution in [-0.2, 0) is 16.0 Å². The fraction of sp³-hybridized carbons (Fsp3) is 0.818. The molecular formula is C22H37N5O2. The van der Waals surface area contributed by atoms with Gasteiger partial charge in [-0.05, 0) is 38.1 Å². The standard InChI is InChI=1S/C22H37N5O2/c1-25(2)21-23-13-18(14-24-21)15-26-7-5-19-12-20(27-8-10-29-11-9-27)4-6-22(19,16-26)17-28-3/h13-14,19-20H,4-12,15-17H2,1-3H3/t19-,20-,22+/m0/s1. The van der Waals surface area contributed by atoms with Crippen LogP contribution in [-0.4, -0.2) is 93.0 Å². The average molecular weight is 404 g/mol. The van der Waals surface area contributed by atoms with Gasteiger partial charge in [0.25, 0.3) is 0 Å². The van der Waals surface area contributed by atoms with Crippen LogP contribution >= 0.6 is 0 Å². The summed E-state index contributed by atoms with van der Waals surface area (Å²) in [5.41, 5.74) is 1.49. The summed E-state index contributed by atoms with van der Waals surface area (Å²) in [4.78, 5) is 16.2. The van der Waals surface area contributed by atoms with Crippen molar-refractivity contribution in [1.29, 1.82) is 0 Å². The van der Waals surface area contributed by atoms with Crippen LogP contribution in [0.25, 0.3) is 0 Å². The van der Waals surface area contributed by atoms with Crippen LogP contribution in [0, 0.1) is 11.3 Å². The number of rotatable bonds is 6. The Morgan fingerprint density at radius 3 is 2.62 bits per heavy atom. The van der Waals surface area contributed by atoms with E-state index in [1.165, 1.54) is 31.2 Å².